The van der Waals surface area contributed by atoms with Crippen molar-refractivity contribution >= 4 is 29.1 Å². The number of carbonyl (C=O) groups excluding carboxylic acids is 2. The zero-order valence-electron chi connectivity index (χ0n) is 12.1. The van der Waals surface area contributed by atoms with Crippen molar-refractivity contribution in [3.63, 3.8) is 0 Å². The van der Waals surface area contributed by atoms with Crippen molar-refractivity contribution in [1.82, 2.24) is 5.32 Å². The number of hydrogen-bond donors (Lipinski definition) is 2. The van der Waals surface area contributed by atoms with Gasteiger partial charge >= 0.3 is 0 Å². The van der Waals surface area contributed by atoms with E-state index in [2.05, 4.69) is 10.6 Å². The Labute approximate surface area is 137 Å². The van der Waals surface area contributed by atoms with Crippen LogP contribution in [0.2, 0.25) is 5.02 Å². The Balaban J connectivity index is 1.88. The standard InChI is InChI=1S/C17H14ClFN2O2/c18-11-3-1-10(2-4-11)13-9-12(19)5-6-14(13)21-17(23)15-7-8-16(22)20-15/h1-6,9,15H,7-8H2,(H,20,22)(H,21,23). The molecule has 1 fully saturated rings. The number of nitrogens with one attached hydrogen (secondary N) is 2. The summed E-state index contributed by atoms with van der Waals surface area (Å²) in [7, 11) is 0. The first-order valence-electron chi connectivity index (χ1n) is 7.18. The molecule has 4 nitrogen and oxygen atoms in total. The highest BCUT2D eigenvalue weighted by Crippen LogP contribution is 2.30. The number of amides is 2. The first-order valence-corrected chi connectivity index (χ1v) is 7.56. The molecule has 1 atom stereocenters. The average molecular weight is 333 g/mol. The average Bonchev–Trinajstić information content (AvgIpc) is 2.96. The van der Waals surface area contributed by atoms with Crippen LogP contribution in [0.25, 0.3) is 11.1 Å². The minimum atomic E-state index is -0.550. The number of hydrogen-bond acceptors (Lipinski definition) is 2. The molecule has 0 spiro atoms. The molecule has 1 aliphatic rings. The Morgan fingerprint density at radius 3 is 2.61 bits per heavy atom. The van der Waals surface area contributed by atoms with Crippen LogP contribution >= 0.6 is 11.6 Å². The van der Waals surface area contributed by atoms with Crippen LogP contribution in [0, 0.1) is 5.82 Å². The zero-order valence-corrected chi connectivity index (χ0v) is 12.9. The highest BCUT2D eigenvalue weighted by Gasteiger charge is 2.27. The van der Waals surface area contributed by atoms with E-state index in [1.54, 1.807) is 24.3 Å². The van der Waals surface area contributed by atoms with E-state index in [9.17, 15) is 14.0 Å². The monoisotopic (exact) mass is 332 g/mol. The number of anilines is 1. The number of carbonyl (C=O) groups is 2. The summed E-state index contributed by atoms with van der Waals surface area (Å²) < 4.78 is 13.6. The smallest absolute Gasteiger partial charge is 0.246 e. The van der Waals surface area contributed by atoms with Crippen molar-refractivity contribution in [2.45, 2.75) is 18.9 Å². The first kappa shape index (κ1) is 15.5. The second-order valence-electron chi connectivity index (χ2n) is 5.34. The lowest BCUT2D eigenvalue weighted by Crippen LogP contribution is -2.37. The molecule has 118 valence electrons. The van der Waals surface area contributed by atoms with Crippen LogP contribution in [0.3, 0.4) is 0 Å². The Morgan fingerprint density at radius 2 is 1.96 bits per heavy atom. The maximum atomic E-state index is 13.6. The van der Waals surface area contributed by atoms with E-state index in [1.165, 1.54) is 18.2 Å². The zero-order chi connectivity index (χ0) is 16.4. The summed E-state index contributed by atoms with van der Waals surface area (Å²) >= 11 is 5.87. The molecule has 0 aromatic heterocycles. The molecule has 1 unspecified atom stereocenters. The quantitative estimate of drug-likeness (QED) is 0.905. The molecule has 1 heterocycles. The second-order valence-corrected chi connectivity index (χ2v) is 5.78. The third kappa shape index (κ3) is 3.51. The Hall–Kier alpha value is -2.40. The number of rotatable bonds is 3. The van der Waals surface area contributed by atoms with Gasteiger partial charge in [-0.25, -0.2) is 4.39 Å². The highest BCUT2D eigenvalue weighted by molar-refractivity contribution is 6.30. The lowest BCUT2D eigenvalue weighted by atomic mass is 10.0. The summed E-state index contributed by atoms with van der Waals surface area (Å²) in [5.41, 5.74) is 1.78. The van der Waals surface area contributed by atoms with E-state index < -0.39 is 11.9 Å². The fourth-order valence-electron chi connectivity index (χ4n) is 2.52. The van der Waals surface area contributed by atoms with Crippen molar-refractivity contribution in [1.29, 1.82) is 0 Å². The van der Waals surface area contributed by atoms with Crippen LogP contribution in [0.5, 0.6) is 0 Å². The first-order chi connectivity index (χ1) is 11.0. The maximum Gasteiger partial charge on any atom is 0.246 e. The SMILES string of the molecule is O=C1CCC(C(=O)Nc2ccc(F)cc2-c2ccc(Cl)cc2)N1. The summed E-state index contributed by atoms with van der Waals surface area (Å²) in [5, 5.41) is 5.94. The molecule has 2 amide bonds. The van der Waals surface area contributed by atoms with Gasteiger partial charge in [0, 0.05) is 22.7 Å². The predicted molar refractivity (Wildman–Crippen MR) is 86.6 cm³/mol. The van der Waals surface area contributed by atoms with Gasteiger partial charge in [0.25, 0.3) is 0 Å². The Kier molecular flexibility index (Phi) is 4.30. The van der Waals surface area contributed by atoms with Crippen LogP contribution in [0.1, 0.15) is 12.8 Å². The Bertz CT molecular complexity index is 762. The number of halogens is 2. The van der Waals surface area contributed by atoms with Crippen LogP contribution in [0.15, 0.2) is 42.5 Å². The lowest BCUT2D eigenvalue weighted by Gasteiger charge is -2.15. The van der Waals surface area contributed by atoms with Crippen molar-refractivity contribution in [3.05, 3.63) is 53.3 Å². The summed E-state index contributed by atoms with van der Waals surface area (Å²) in [4.78, 5) is 23.5. The van der Waals surface area contributed by atoms with E-state index >= 15 is 0 Å². The number of benzene rings is 2. The molecule has 1 aliphatic heterocycles. The summed E-state index contributed by atoms with van der Waals surface area (Å²) in [5.74, 6) is -0.845. The molecule has 0 aliphatic carbocycles. The summed E-state index contributed by atoms with van der Waals surface area (Å²) in [6.07, 6.45) is 0.799. The molecular formula is C17H14ClFN2O2. The van der Waals surface area contributed by atoms with E-state index in [-0.39, 0.29) is 11.8 Å². The second kappa shape index (κ2) is 6.38. The molecule has 1 saturated heterocycles. The summed E-state index contributed by atoms with van der Waals surface area (Å²) in [6.45, 7) is 0. The van der Waals surface area contributed by atoms with E-state index in [1.807, 2.05) is 0 Å². The minimum Gasteiger partial charge on any atom is -0.344 e. The van der Waals surface area contributed by atoms with Crippen molar-refractivity contribution < 1.29 is 14.0 Å². The van der Waals surface area contributed by atoms with Crippen molar-refractivity contribution in [2.75, 3.05) is 5.32 Å². The largest absolute Gasteiger partial charge is 0.344 e. The van der Waals surface area contributed by atoms with Gasteiger partial charge < -0.3 is 10.6 Å². The lowest BCUT2D eigenvalue weighted by molar-refractivity contribution is -0.122. The normalized spacial score (nSPS) is 17.0. The van der Waals surface area contributed by atoms with Gasteiger partial charge in [0.05, 0.1) is 0 Å². The molecular weight excluding hydrogens is 319 g/mol. The third-order valence-corrected chi connectivity index (χ3v) is 3.96. The van der Waals surface area contributed by atoms with Gasteiger partial charge in [-0.2, -0.15) is 0 Å². The molecule has 2 aromatic carbocycles. The van der Waals surface area contributed by atoms with Crippen LogP contribution < -0.4 is 10.6 Å². The van der Waals surface area contributed by atoms with E-state index in [0.717, 1.165) is 5.56 Å². The minimum absolute atomic E-state index is 0.137. The highest BCUT2D eigenvalue weighted by atomic mass is 35.5. The van der Waals surface area contributed by atoms with Crippen LogP contribution in [0.4, 0.5) is 10.1 Å². The molecule has 0 saturated carbocycles. The Morgan fingerprint density at radius 1 is 1.22 bits per heavy atom. The molecule has 6 heteroatoms. The van der Waals surface area contributed by atoms with Gasteiger partial charge in [-0.3, -0.25) is 9.59 Å². The van der Waals surface area contributed by atoms with Gasteiger partial charge in [-0.15, -0.1) is 0 Å². The van der Waals surface area contributed by atoms with Gasteiger partial charge in [0.2, 0.25) is 11.8 Å². The molecule has 3 rings (SSSR count). The molecule has 2 aromatic rings. The van der Waals surface area contributed by atoms with Crippen molar-refractivity contribution in [3.8, 4) is 11.1 Å². The van der Waals surface area contributed by atoms with Gasteiger partial charge in [-0.1, -0.05) is 23.7 Å². The van der Waals surface area contributed by atoms with E-state index in [0.29, 0.717) is 29.1 Å². The topological polar surface area (TPSA) is 58.2 Å². The van der Waals surface area contributed by atoms with Crippen molar-refractivity contribution in [2.24, 2.45) is 0 Å². The third-order valence-electron chi connectivity index (χ3n) is 3.71. The molecule has 0 radical (unpaired) electrons. The molecule has 23 heavy (non-hydrogen) atoms. The van der Waals surface area contributed by atoms with E-state index in [4.69, 9.17) is 11.6 Å². The molecule has 2 N–H and O–H groups in total. The van der Waals surface area contributed by atoms with Gasteiger partial charge in [0.1, 0.15) is 11.9 Å². The maximum absolute atomic E-state index is 13.6. The van der Waals surface area contributed by atoms with Gasteiger partial charge in [-0.05, 0) is 42.3 Å². The van der Waals surface area contributed by atoms with Crippen LogP contribution in [-0.2, 0) is 9.59 Å². The molecule has 0 bridgehead atoms. The summed E-state index contributed by atoms with van der Waals surface area (Å²) in [6, 6.07) is 10.5. The van der Waals surface area contributed by atoms with Crippen LogP contribution in [-0.4, -0.2) is 17.9 Å². The fourth-order valence-corrected chi connectivity index (χ4v) is 2.65. The fraction of sp³-hybridized carbons (Fsp3) is 0.176. The van der Waals surface area contributed by atoms with Gasteiger partial charge in [0.15, 0.2) is 0 Å². The predicted octanol–water partition coefficient (Wildman–Crippen LogP) is 3.36.